The van der Waals surface area contributed by atoms with Crippen molar-refractivity contribution in [2.45, 2.75) is 6.54 Å². The molecule has 0 saturated carbocycles. The number of rotatable bonds is 5. The molecule has 24 heavy (non-hydrogen) atoms. The van der Waals surface area contributed by atoms with Crippen molar-refractivity contribution in [1.82, 2.24) is 19.6 Å². The lowest BCUT2D eigenvalue weighted by Crippen LogP contribution is -1.99. The van der Waals surface area contributed by atoms with Gasteiger partial charge in [-0.25, -0.2) is 9.50 Å². The number of hydrogen-bond acceptors (Lipinski definition) is 6. The lowest BCUT2D eigenvalue weighted by molar-refractivity contribution is 0.414. The number of ether oxygens (including phenoxy) is 1. The van der Waals surface area contributed by atoms with Crippen LogP contribution in [-0.2, 0) is 6.54 Å². The van der Waals surface area contributed by atoms with E-state index in [1.807, 2.05) is 36.5 Å². The van der Waals surface area contributed by atoms with E-state index in [2.05, 4.69) is 26.4 Å². The fraction of sp³-hybridized carbons (Fsp3) is 0.118. The first-order valence-corrected chi connectivity index (χ1v) is 8.27. The average Bonchev–Trinajstić information content (AvgIpc) is 3.19. The van der Waals surface area contributed by atoms with E-state index < -0.39 is 0 Å². The van der Waals surface area contributed by atoms with Crippen LogP contribution in [0.4, 0.5) is 5.13 Å². The standard InChI is InChI=1S/C17H15N5OS/c1-23-14-6-2-4-12(8-14)9-19-16-21-22-11-15(20-17(22)24-16)13-5-3-7-18-10-13/h2-8,10-11H,9H2,1H3,(H,19,21). The van der Waals surface area contributed by atoms with Gasteiger partial charge in [0, 0.05) is 24.5 Å². The molecule has 0 unspecified atom stereocenters. The summed E-state index contributed by atoms with van der Waals surface area (Å²) in [4.78, 5) is 9.58. The van der Waals surface area contributed by atoms with Crippen LogP contribution in [0.15, 0.2) is 55.0 Å². The van der Waals surface area contributed by atoms with Crippen LogP contribution < -0.4 is 10.1 Å². The fourth-order valence-electron chi connectivity index (χ4n) is 2.39. The summed E-state index contributed by atoms with van der Waals surface area (Å²) in [6, 6.07) is 11.9. The number of nitrogens with one attached hydrogen (secondary N) is 1. The van der Waals surface area contributed by atoms with Crippen LogP contribution in [0.25, 0.3) is 16.2 Å². The molecule has 1 N–H and O–H groups in total. The summed E-state index contributed by atoms with van der Waals surface area (Å²) in [6.07, 6.45) is 5.47. The molecule has 0 fully saturated rings. The lowest BCUT2D eigenvalue weighted by Gasteiger charge is -2.04. The van der Waals surface area contributed by atoms with Crippen molar-refractivity contribution < 1.29 is 4.74 Å². The van der Waals surface area contributed by atoms with Crippen molar-refractivity contribution in [3.05, 3.63) is 60.6 Å². The molecule has 0 atom stereocenters. The Morgan fingerprint density at radius 3 is 3.00 bits per heavy atom. The molecule has 4 aromatic rings. The molecular weight excluding hydrogens is 322 g/mol. The molecule has 0 bridgehead atoms. The third-order valence-corrected chi connectivity index (χ3v) is 4.46. The largest absolute Gasteiger partial charge is 0.497 e. The summed E-state index contributed by atoms with van der Waals surface area (Å²) < 4.78 is 7.03. The fourth-order valence-corrected chi connectivity index (χ4v) is 3.16. The molecule has 0 saturated heterocycles. The second-order valence-electron chi connectivity index (χ2n) is 5.21. The molecule has 6 nitrogen and oxygen atoms in total. The molecule has 7 heteroatoms. The van der Waals surface area contributed by atoms with Gasteiger partial charge in [0.05, 0.1) is 19.0 Å². The molecule has 3 aromatic heterocycles. The van der Waals surface area contributed by atoms with E-state index >= 15 is 0 Å². The number of methoxy groups -OCH3 is 1. The highest BCUT2D eigenvalue weighted by Gasteiger charge is 2.09. The maximum Gasteiger partial charge on any atom is 0.214 e. The Kier molecular flexibility index (Phi) is 3.84. The van der Waals surface area contributed by atoms with E-state index in [4.69, 9.17) is 4.74 Å². The molecule has 0 radical (unpaired) electrons. The molecule has 0 spiro atoms. The van der Waals surface area contributed by atoms with Crippen LogP contribution in [0.3, 0.4) is 0 Å². The maximum atomic E-state index is 5.24. The number of nitrogens with zero attached hydrogens (tertiary/aromatic N) is 4. The van der Waals surface area contributed by atoms with Gasteiger partial charge in [0.1, 0.15) is 5.75 Å². The van der Waals surface area contributed by atoms with Gasteiger partial charge in [-0.2, -0.15) is 0 Å². The van der Waals surface area contributed by atoms with Crippen LogP contribution >= 0.6 is 11.3 Å². The molecular formula is C17H15N5OS. The second-order valence-corrected chi connectivity index (χ2v) is 6.16. The van der Waals surface area contributed by atoms with Crippen molar-refractivity contribution in [2.75, 3.05) is 12.4 Å². The average molecular weight is 337 g/mol. The van der Waals surface area contributed by atoms with Gasteiger partial charge >= 0.3 is 0 Å². The quantitative estimate of drug-likeness (QED) is 0.604. The number of aromatic nitrogens is 4. The summed E-state index contributed by atoms with van der Waals surface area (Å²) in [5.74, 6) is 0.851. The van der Waals surface area contributed by atoms with E-state index in [1.165, 1.54) is 11.3 Å². The summed E-state index contributed by atoms with van der Waals surface area (Å²) in [6.45, 7) is 0.684. The third kappa shape index (κ3) is 2.93. The normalized spacial score (nSPS) is 10.9. The van der Waals surface area contributed by atoms with Gasteiger partial charge in [-0.15, -0.1) is 5.10 Å². The molecule has 0 aliphatic carbocycles. The van der Waals surface area contributed by atoms with Gasteiger partial charge in [0.2, 0.25) is 10.1 Å². The predicted octanol–water partition coefficient (Wildman–Crippen LogP) is 3.47. The molecule has 0 aliphatic heterocycles. The zero-order valence-electron chi connectivity index (χ0n) is 13.0. The third-order valence-electron chi connectivity index (χ3n) is 3.58. The maximum absolute atomic E-state index is 5.24. The first kappa shape index (κ1) is 14.6. The van der Waals surface area contributed by atoms with Crippen molar-refractivity contribution >= 4 is 21.4 Å². The number of imidazole rings is 1. The highest BCUT2D eigenvalue weighted by molar-refractivity contribution is 7.20. The van der Waals surface area contributed by atoms with Crippen molar-refractivity contribution in [3.8, 4) is 17.0 Å². The second kappa shape index (κ2) is 6.29. The molecule has 0 aliphatic rings. The highest BCUT2D eigenvalue weighted by atomic mass is 32.1. The number of fused-ring (bicyclic) bond motifs is 1. The van der Waals surface area contributed by atoms with Crippen molar-refractivity contribution in [2.24, 2.45) is 0 Å². The molecule has 120 valence electrons. The van der Waals surface area contributed by atoms with Gasteiger partial charge in [0.15, 0.2) is 0 Å². The summed E-state index contributed by atoms with van der Waals surface area (Å²) >= 11 is 1.52. The summed E-state index contributed by atoms with van der Waals surface area (Å²) in [7, 11) is 1.67. The Bertz CT molecular complexity index is 932. The van der Waals surface area contributed by atoms with Gasteiger partial charge in [-0.3, -0.25) is 4.98 Å². The first-order chi connectivity index (χ1) is 11.8. The number of hydrogen-bond donors (Lipinski definition) is 1. The predicted molar refractivity (Wildman–Crippen MR) is 94.4 cm³/mol. The van der Waals surface area contributed by atoms with Crippen LogP contribution in [0, 0.1) is 0 Å². The monoisotopic (exact) mass is 337 g/mol. The Morgan fingerprint density at radius 2 is 2.21 bits per heavy atom. The van der Waals surface area contributed by atoms with Crippen molar-refractivity contribution in [1.29, 1.82) is 0 Å². The summed E-state index contributed by atoms with van der Waals surface area (Å²) in [5, 5.41) is 8.68. The summed E-state index contributed by atoms with van der Waals surface area (Å²) in [5.41, 5.74) is 3.00. The molecule has 1 aromatic carbocycles. The first-order valence-electron chi connectivity index (χ1n) is 7.45. The molecule has 3 heterocycles. The van der Waals surface area contributed by atoms with Gasteiger partial charge in [-0.1, -0.05) is 23.5 Å². The minimum Gasteiger partial charge on any atom is -0.497 e. The number of pyridine rings is 1. The minimum atomic E-state index is 0.684. The SMILES string of the molecule is COc1cccc(CNc2nn3cc(-c4cccnc4)nc3s2)c1. The highest BCUT2D eigenvalue weighted by Crippen LogP contribution is 2.24. The lowest BCUT2D eigenvalue weighted by atomic mass is 10.2. The van der Waals surface area contributed by atoms with Crippen molar-refractivity contribution in [3.63, 3.8) is 0 Å². The number of benzene rings is 1. The molecule has 0 amide bonds. The zero-order valence-corrected chi connectivity index (χ0v) is 13.8. The number of anilines is 1. The van der Waals surface area contributed by atoms with E-state index in [1.54, 1.807) is 24.0 Å². The van der Waals surface area contributed by atoms with Crippen LogP contribution in [0.1, 0.15) is 5.56 Å². The van der Waals surface area contributed by atoms with Crippen LogP contribution in [0.5, 0.6) is 5.75 Å². The van der Waals surface area contributed by atoms with Gasteiger partial charge < -0.3 is 10.1 Å². The van der Waals surface area contributed by atoms with Crippen LogP contribution in [-0.4, -0.2) is 26.7 Å². The topological polar surface area (TPSA) is 64.3 Å². The van der Waals surface area contributed by atoms with E-state index in [0.717, 1.165) is 32.7 Å². The Labute approximate surface area is 142 Å². The van der Waals surface area contributed by atoms with E-state index in [-0.39, 0.29) is 0 Å². The molecule has 4 rings (SSSR count). The smallest absolute Gasteiger partial charge is 0.214 e. The van der Waals surface area contributed by atoms with Crippen LogP contribution in [0.2, 0.25) is 0 Å². The van der Waals surface area contributed by atoms with Gasteiger partial charge in [0.25, 0.3) is 0 Å². The Morgan fingerprint density at radius 1 is 1.25 bits per heavy atom. The zero-order chi connectivity index (χ0) is 16.4. The Balaban J connectivity index is 1.50. The van der Waals surface area contributed by atoms with E-state index in [9.17, 15) is 0 Å². The Hall–Kier alpha value is -2.93. The van der Waals surface area contributed by atoms with Gasteiger partial charge in [-0.05, 0) is 29.8 Å². The minimum absolute atomic E-state index is 0.684. The van der Waals surface area contributed by atoms with E-state index in [0.29, 0.717) is 6.54 Å².